The molecule has 0 aliphatic carbocycles. The Morgan fingerprint density at radius 3 is 3.27 bits per heavy atom. The standard InChI is InChI=1S/C11H16N2O2/c1-9(6-8-15-2)13-11(14)10-5-3-4-7-12-10/h3-5,7,9H,6,8H2,1-2H3,(H,13,14)/i2D3. The molecule has 0 aliphatic rings. The van der Waals surface area contributed by atoms with Crippen LogP contribution in [0.25, 0.3) is 0 Å². The zero-order valence-electron chi connectivity index (χ0n) is 11.6. The first-order valence-electron chi connectivity index (χ1n) is 6.24. The Bertz CT molecular complexity index is 382. The zero-order valence-corrected chi connectivity index (χ0v) is 8.56. The van der Waals surface area contributed by atoms with E-state index in [1.807, 2.05) is 0 Å². The minimum absolute atomic E-state index is 0.0696. The van der Waals surface area contributed by atoms with E-state index in [9.17, 15) is 4.79 Å². The fourth-order valence-corrected chi connectivity index (χ4v) is 1.10. The van der Waals surface area contributed by atoms with E-state index in [1.54, 1.807) is 25.1 Å². The van der Waals surface area contributed by atoms with E-state index < -0.39 is 7.04 Å². The second-order valence-electron chi connectivity index (χ2n) is 3.23. The van der Waals surface area contributed by atoms with Crippen LogP contribution in [0.15, 0.2) is 24.4 Å². The number of hydrogen-bond donors (Lipinski definition) is 1. The molecule has 1 heterocycles. The molecule has 4 heteroatoms. The van der Waals surface area contributed by atoms with Crippen molar-refractivity contribution >= 4 is 5.91 Å². The lowest BCUT2D eigenvalue weighted by molar-refractivity contribution is 0.0924. The maximum absolute atomic E-state index is 11.7. The molecule has 1 N–H and O–H groups in total. The Hall–Kier alpha value is -1.42. The summed E-state index contributed by atoms with van der Waals surface area (Å²) in [4.78, 5) is 15.6. The highest BCUT2D eigenvalue weighted by Crippen LogP contribution is 1.96. The number of hydrogen-bond acceptors (Lipinski definition) is 3. The minimum Gasteiger partial charge on any atom is -0.385 e. The molecule has 1 aromatic heterocycles. The Balaban J connectivity index is 2.32. The summed E-state index contributed by atoms with van der Waals surface area (Å²) in [5.41, 5.74) is 0.334. The Morgan fingerprint density at radius 2 is 2.60 bits per heavy atom. The first-order chi connectivity index (χ1) is 8.38. The molecular weight excluding hydrogens is 192 g/mol. The number of aromatic nitrogens is 1. The molecule has 0 radical (unpaired) electrons. The highest BCUT2D eigenvalue weighted by Gasteiger charge is 2.09. The van der Waals surface area contributed by atoms with Crippen LogP contribution in [0.3, 0.4) is 0 Å². The Morgan fingerprint density at radius 1 is 1.73 bits per heavy atom. The van der Waals surface area contributed by atoms with Gasteiger partial charge in [0.05, 0.1) is 4.11 Å². The summed E-state index contributed by atoms with van der Waals surface area (Å²) in [6, 6.07) is 4.89. The molecule has 0 bridgehead atoms. The second kappa shape index (κ2) is 6.14. The van der Waals surface area contributed by atoms with Gasteiger partial charge < -0.3 is 10.1 Å². The summed E-state index contributed by atoms with van der Waals surface area (Å²) < 4.78 is 25.2. The zero-order chi connectivity index (χ0) is 13.6. The molecule has 0 saturated carbocycles. The molecule has 1 unspecified atom stereocenters. The topological polar surface area (TPSA) is 51.2 Å². The third-order valence-corrected chi connectivity index (χ3v) is 1.93. The van der Waals surface area contributed by atoms with Gasteiger partial charge in [0.15, 0.2) is 0 Å². The van der Waals surface area contributed by atoms with Crippen LogP contribution in [-0.4, -0.2) is 30.6 Å². The first-order valence-corrected chi connectivity index (χ1v) is 4.74. The van der Waals surface area contributed by atoms with Crippen LogP contribution >= 0.6 is 0 Å². The summed E-state index contributed by atoms with van der Waals surface area (Å²) in [5.74, 6) is -0.281. The number of nitrogens with one attached hydrogen (secondary N) is 1. The molecule has 1 atom stereocenters. The van der Waals surface area contributed by atoms with Gasteiger partial charge in [0.1, 0.15) is 5.69 Å². The predicted molar refractivity (Wildman–Crippen MR) is 57.7 cm³/mol. The highest BCUT2D eigenvalue weighted by molar-refractivity contribution is 5.92. The van der Waals surface area contributed by atoms with Crippen LogP contribution in [-0.2, 0) is 4.74 Å². The van der Waals surface area contributed by atoms with Crippen molar-refractivity contribution < 1.29 is 13.6 Å². The number of carbonyl (C=O) groups excluding carboxylic acids is 1. The van der Waals surface area contributed by atoms with Gasteiger partial charge in [-0.2, -0.15) is 0 Å². The Labute approximate surface area is 93.9 Å². The second-order valence-corrected chi connectivity index (χ2v) is 3.23. The van der Waals surface area contributed by atoms with Gasteiger partial charge in [-0.15, -0.1) is 0 Å². The van der Waals surface area contributed by atoms with Gasteiger partial charge in [0.25, 0.3) is 5.91 Å². The smallest absolute Gasteiger partial charge is 0.270 e. The van der Waals surface area contributed by atoms with Crippen molar-refractivity contribution in [1.29, 1.82) is 0 Å². The fraction of sp³-hybridized carbons (Fsp3) is 0.455. The number of ether oxygens (including phenoxy) is 1. The van der Waals surface area contributed by atoms with Gasteiger partial charge in [0, 0.05) is 25.9 Å². The van der Waals surface area contributed by atoms with Gasteiger partial charge in [-0.3, -0.25) is 9.78 Å². The average Bonchev–Trinajstić information content (AvgIpc) is 2.28. The van der Waals surface area contributed by atoms with Crippen molar-refractivity contribution in [3.05, 3.63) is 30.1 Å². The molecule has 0 spiro atoms. The maximum atomic E-state index is 11.7. The first kappa shape index (κ1) is 7.82. The molecule has 0 aromatic carbocycles. The van der Waals surface area contributed by atoms with Crippen LogP contribution in [0.2, 0.25) is 0 Å². The van der Waals surface area contributed by atoms with Gasteiger partial charge in [-0.1, -0.05) is 6.07 Å². The van der Waals surface area contributed by atoms with E-state index in [-0.39, 0.29) is 18.6 Å². The number of nitrogens with zero attached hydrogens (tertiary/aromatic N) is 1. The predicted octanol–water partition coefficient (Wildman–Crippen LogP) is 1.24. The van der Waals surface area contributed by atoms with Gasteiger partial charge in [-0.05, 0) is 25.5 Å². The van der Waals surface area contributed by atoms with Crippen LogP contribution in [0, 0.1) is 0 Å². The molecule has 0 fully saturated rings. The number of pyridine rings is 1. The monoisotopic (exact) mass is 211 g/mol. The molecule has 1 aromatic rings. The normalized spacial score (nSPS) is 15.9. The molecule has 4 nitrogen and oxygen atoms in total. The summed E-state index contributed by atoms with van der Waals surface area (Å²) >= 11 is 0. The van der Waals surface area contributed by atoms with Crippen LogP contribution < -0.4 is 5.32 Å². The van der Waals surface area contributed by atoms with E-state index >= 15 is 0 Å². The van der Waals surface area contributed by atoms with Crippen molar-refractivity contribution in [2.24, 2.45) is 0 Å². The number of amides is 1. The SMILES string of the molecule is [2H]C([2H])([2H])OCCC(C)NC(=O)c1ccccn1. The summed E-state index contributed by atoms with van der Waals surface area (Å²) in [7, 11) is -2.38. The number of carbonyl (C=O) groups is 1. The minimum atomic E-state index is -2.38. The molecular formula is C11H16N2O2. The average molecular weight is 211 g/mol. The van der Waals surface area contributed by atoms with Crippen molar-refractivity contribution in [3.8, 4) is 0 Å². The fourth-order valence-electron chi connectivity index (χ4n) is 1.10. The van der Waals surface area contributed by atoms with Crippen LogP contribution in [0.4, 0.5) is 0 Å². The molecule has 82 valence electrons. The quantitative estimate of drug-likeness (QED) is 0.797. The molecule has 0 aliphatic heterocycles. The lowest BCUT2D eigenvalue weighted by Gasteiger charge is -2.12. The van der Waals surface area contributed by atoms with E-state index in [4.69, 9.17) is 4.11 Å². The van der Waals surface area contributed by atoms with Crippen molar-refractivity contribution in [2.45, 2.75) is 19.4 Å². The third-order valence-electron chi connectivity index (χ3n) is 1.93. The lowest BCUT2D eigenvalue weighted by Crippen LogP contribution is -2.33. The number of methoxy groups -OCH3 is 1. The summed E-state index contributed by atoms with van der Waals surface area (Å²) in [6.07, 6.45) is 1.97. The van der Waals surface area contributed by atoms with Gasteiger partial charge in [0.2, 0.25) is 0 Å². The third kappa shape index (κ3) is 4.08. The van der Waals surface area contributed by atoms with Crippen molar-refractivity contribution in [2.75, 3.05) is 13.6 Å². The largest absolute Gasteiger partial charge is 0.385 e. The highest BCUT2D eigenvalue weighted by atomic mass is 16.5. The van der Waals surface area contributed by atoms with E-state index in [1.165, 1.54) is 6.20 Å². The van der Waals surface area contributed by atoms with Gasteiger partial charge >= 0.3 is 0 Å². The van der Waals surface area contributed by atoms with Gasteiger partial charge in [-0.25, -0.2) is 0 Å². The maximum Gasteiger partial charge on any atom is 0.270 e. The number of rotatable bonds is 5. The van der Waals surface area contributed by atoms with E-state index in [0.29, 0.717) is 12.1 Å². The summed E-state index contributed by atoms with van der Waals surface area (Å²) in [5, 5.41) is 2.72. The molecule has 15 heavy (non-hydrogen) atoms. The molecule has 1 amide bonds. The van der Waals surface area contributed by atoms with Crippen LogP contribution in [0.5, 0.6) is 0 Å². The van der Waals surface area contributed by atoms with E-state index in [2.05, 4.69) is 15.0 Å². The van der Waals surface area contributed by atoms with Crippen LogP contribution in [0.1, 0.15) is 27.9 Å². The Kier molecular flexibility index (Phi) is 3.20. The summed E-state index contributed by atoms with van der Waals surface area (Å²) in [6.45, 7) is 1.85. The van der Waals surface area contributed by atoms with Crippen molar-refractivity contribution in [1.82, 2.24) is 10.3 Å². The van der Waals surface area contributed by atoms with Crippen molar-refractivity contribution in [3.63, 3.8) is 0 Å². The molecule has 1 rings (SSSR count). The molecule has 0 saturated heterocycles. The van der Waals surface area contributed by atoms with E-state index in [0.717, 1.165) is 0 Å². The lowest BCUT2D eigenvalue weighted by atomic mass is 10.2.